The van der Waals surface area contributed by atoms with Crippen molar-refractivity contribution in [2.45, 2.75) is 12.8 Å². The van der Waals surface area contributed by atoms with E-state index < -0.39 is 0 Å². The summed E-state index contributed by atoms with van der Waals surface area (Å²) in [6.07, 6.45) is 4.04. The molecule has 1 heterocycles. The van der Waals surface area contributed by atoms with Crippen molar-refractivity contribution >= 4 is 34.0 Å². The maximum atomic E-state index is 11.9. The second-order valence-corrected chi connectivity index (χ2v) is 5.66. The lowest BCUT2D eigenvalue weighted by Gasteiger charge is -2.16. The Hall–Kier alpha value is -2.07. The van der Waals surface area contributed by atoms with Crippen LogP contribution in [-0.4, -0.2) is 13.1 Å². The van der Waals surface area contributed by atoms with Crippen LogP contribution in [0.15, 0.2) is 29.6 Å². The lowest BCUT2D eigenvalue weighted by atomic mass is 9.88. The number of hydrogen-bond donors (Lipinski definition) is 1. The number of benzene rings is 1. The molecule has 1 aliphatic rings. The molecule has 3 rings (SSSR count). The first-order chi connectivity index (χ1) is 9.70. The second-order valence-electron chi connectivity index (χ2n) is 4.75. The summed E-state index contributed by atoms with van der Waals surface area (Å²) in [6, 6.07) is 8.33. The van der Waals surface area contributed by atoms with Gasteiger partial charge in [0.25, 0.3) is 0 Å². The summed E-state index contributed by atoms with van der Waals surface area (Å²) in [4.78, 5) is 11.9. The number of nitrogen functional groups attached to an aromatic ring is 1. The van der Waals surface area contributed by atoms with Gasteiger partial charge in [0.15, 0.2) is 0 Å². The van der Waals surface area contributed by atoms with Gasteiger partial charge in [-0.2, -0.15) is 0 Å². The minimum Gasteiger partial charge on any atom is -0.465 e. The van der Waals surface area contributed by atoms with E-state index in [2.05, 4.69) is 24.3 Å². The number of ether oxygens (including phenoxy) is 1. The van der Waals surface area contributed by atoms with Gasteiger partial charge in [-0.25, -0.2) is 4.79 Å². The number of fused-ring (bicyclic) bond motifs is 1. The number of carbonyl (C=O) groups excluding carboxylic acids is 1. The Morgan fingerprint density at radius 3 is 2.90 bits per heavy atom. The monoisotopic (exact) mass is 285 g/mol. The Labute approximate surface area is 121 Å². The van der Waals surface area contributed by atoms with Crippen molar-refractivity contribution in [1.29, 1.82) is 0 Å². The first kappa shape index (κ1) is 12.9. The molecule has 0 amide bonds. The normalized spacial score (nSPS) is 13.6. The maximum Gasteiger partial charge on any atom is 0.341 e. The molecule has 1 aromatic carbocycles. The minimum atomic E-state index is -0.362. The third-order valence-electron chi connectivity index (χ3n) is 3.60. The van der Waals surface area contributed by atoms with Crippen LogP contribution in [0.2, 0.25) is 0 Å². The Bertz CT molecular complexity index is 700. The molecule has 0 saturated carbocycles. The molecule has 2 aromatic rings. The van der Waals surface area contributed by atoms with Crippen LogP contribution < -0.4 is 5.73 Å². The van der Waals surface area contributed by atoms with Gasteiger partial charge in [-0.1, -0.05) is 30.3 Å². The predicted octanol–water partition coefficient (Wildman–Crippen LogP) is 3.60. The summed E-state index contributed by atoms with van der Waals surface area (Å²) in [5.74, 6) is -0.362. The average Bonchev–Trinajstić information content (AvgIpc) is 2.87. The van der Waals surface area contributed by atoms with E-state index in [1.54, 1.807) is 0 Å². The van der Waals surface area contributed by atoms with E-state index in [-0.39, 0.29) is 5.97 Å². The molecule has 0 bridgehead atoms. The molecule has 0 spiro atoms. The average molecular weight is 285 g/mol. The Kier molecular flexibility index (Phi) is 3.32. The highest BCUT2D eigenvalue weighted by atomic mass is 32.1. The van der Waals surface area contributed by atoms with Crippen molar-refractivity contribution < 1.29 is 9.53 Å². The van der Waals surface area contributed by atoms with Gasteiger partial charge in [-0.15, -0.1) is 11.3 Å². The van der Waals surface area contributed by atoms with Crippen molar-refractivity contribution in [2.75, 3.05) is 12.8 Å². The van der Waals surface area contributed by atoms with Crippen molar-refractivity contribution in [3.8, 4) is 0 Å². The highest BCUT2D eigenvalue weighted by Gasteiger charge is 2.22. The van der Waals surface area contributed by atoms with Crippen LogP contribution in [0, 0.1) is 0 Å². The Balaban J connectivity index is 2.08. The smallest absolute Gasteiger partial charge is 0.341 e. The summed E-state index contributed by atoms with van der Waals surface area (Å²) in [5, 5.41) is 2.47. The molecule has 20 heavy (non-hydrogen) atoms. The number of aryl methyl sites for hydroxylation is 1. The van der Waals surface area contributed by atoms with Gasteiger partial charge in [0.05, 0.1) is 7.11 Å². The van der Waals surface area contributed by atoms with Gasteiger partial charge in [0, 0.05) is 10.9 Å². The number of esters is 1. The van der Waals surface area contributed by atoms with Crippen LogP contribution in [0.4, 0.5) is 5.00 Å². The maximum absolute atomic E-state index is 11.9. The molecule has 1 aromatic heterocycles. The first-order valence-corrected chi connectivity index (χ1v) is 7.33. The largest absolute Gasteiger partial charge is 0.465 e. The summed E-state index contributed by atoms with van der Waals surface area (Å²) in [6.45, 7) is 0. The fourth-order valence-electron chi connectivity index (χ4n) is 2.57. The fraction of sp³-hybridized carbons (Fsp3) is 0.188. The quantitative estimate of drug-likeness (QED) is 0.858. The molecule has 0 radical (unpaired) electrons. The van der Waals surface area contributed by atoms with E-state index in [0.29, 0.717) is 10.6 Å². The lowest BCUT2D eigenvalue weighted by molar-refractivity contribution is 0.0602. The number of rotatable bonds is 2. The van der Waals surface area contributed by atoms with E-state index in [0.717, 1.165) is 24.0 Å². The topological polar surface area (TPSA) is 52.3 Å². The molecule has 102 valence electrons. The van der Waals surface area contributed by atoms with Gasteiger partial charge >= 0.3 is 5.97 Å². The molecule has 0 aliphatic heterocycles. The van der Waals surface area contributed by atoms with Crippen LogP contribution in [0.3, 0.4) is 0 Å². The number of nitrogens with two attached hydrogens (primary N) is 1. The third kappa shape index (κ3) is 2.12. The first-order valence-electron chi connectivity index (χ1n) is 6.45. The Morgan fingerprint density at radius 1 is 1.30 bits per heavy atom. The summed E-state index contributed by atoms with van der Waals surface area (Å²) in [5.41, 5.74) is 11.0. The molecular weight excluding hydrogens is 270 g/mol. The van der Waals surface area contributed by atoms with Crippen molar-refractivity contribution in [3.05, 3.63) is 51.9 Å². The highest BCUT2D eigenvalue weighted by molar-refractivity contribution is 7.14. The SMILES string of the molecule is COC(=O)c1c(C2=Cc3ccccc3CC2)csc1N. The van der Waals surface area contributed by atoms with Crippen molar-refractivity contribution in [3.63, 3.8) is 0 Å². The van der Waals surface area contributed by atoms with Crippen molar-refractivity contribution in [2.24, 2.45) is 0 Å². The molecule has 0 fully saturated rings. The molecule has 4 heteroatoms. The van der Waals surface area contributed by atoms with Gasteiger partial charge in [0.1, 0.15) is 10.6 Å². The van der Waals surface area contributed by atoms with Gasteiger partial charge in [0.2, 0.25) is 0 Å². The summed E-state index contributed by atoms with van der Waals surface area (Å²) in [7, 11) is 1.38. The van der Waals surface area contributed by atoms with Crippen molar-refractivity contribution in [1.82, 2.24) is 0 Å². The predicted molar refractivity (Wildman–Crippen MR) is 82.7 cm³/mol. The molecular formula is C16H15NO2S. The van der Waals surface area contributed by atoms with Gasteiger partial charge in [-0.05, 0) is 29.5 Å². The fourth-order valence-corrected chi connectivity index (χ4v) is 3.39. The third-order valence-corrected chi connectivity index (χ3v) is 4.42. The zero-order chi connectivity index (χ0) is 14.1. The van der Waals surface area contributed by atoms with Gasteiger partial charge < -0.3 is 10.5 Å². The van der Waals surface area contributed by atoms with E-state index in [1.165, 1.54) is 29.6 Å². The number of anilines is 1. The zero-order valence-corrected chi connectivity index (χ0v) is 12.0. The number of methoxy groups -OCH3 is 1. The van der Waals surface area contributed by atoms with Crippen LogP contribution in [0.1, 0.15) is 33.5 Å². The number of hydrogen-bond acceptors (Lipinski definition) is 4. The van der Waals surface area contributed by atoms with Gasteiger partial charge in [-0.3, -0.25) is 0 Å². The van der Waals surface area contributed by atoms with Crippen LogP contribution >= 0.6 is 11.3 Å². The van der Waals surface area contributed by atoms with Crippen LogP contribution in [0.25, 0.3) is 11.6 Å². The van der Waals surface area contributed by atoms with E-state index in [4.69, 9.17) is 10.5 Å². The van der Waals surface area contributed by atoms with E-state index in [1.807, 2.05) is 11.4 Å². The lowest BCUT2D eigenvalue weighted by Crippen LogP contribution is -2.07. The summed E-state index contributed by atoms with van der Waals surface area (Å²) < 4.78 is 4.84. The summed E-state index contributed by atoms with van der Waals surface area (Å²) >= 11 is 1.39. The second kappa shape index (κ2) is 5.13. The zero-order valence-electron chi connectivity index (χ0n) is 11.2. The van der Waals surface area contributed by atoms with E-state index >= 15 is 0 Å². The minimum absolute atomic E-state index is 0.362. The Morgan fingerprint density at radius 2 is 2.10 bits per heavy atom. The highest BCUT2D eigenvalue weighted by Crippen LogP contribution is 2.37. The number of allylic oxidation sites excluding steroid dienone is 1. The molecule has 1 aliphatic carbocycles. The van der Waals surface area contributed by atoms with Crippen LogP contribution in [-0.2, 0) is 11.2 Å². The molecule has 0 atom stereocenters. The number of carbonyl (C=O) groups is 1. The molecule has 0 saturated heterocycles. The standard InChI is InChI=1S/C16H15NO2S/c1-19-16(18)14-13(9-20-15(14)17)12-7-6-10-4-2-3-5-11(10)8-12/h2-5,8-9H,6-7,17H2,1H3. The van der Waals surface area contributed by atoms with Crippen LogP contribution in [0.5, 0.6) is 0 Å². The van der Waals surface area contributed by atoms with E-state index in [9.17, 15) is 4.79 Å². The molecule has 0 unspecified atom stereocenters. The molecule has 3 nitrogen and oxygen atoms in total. The number of thiophene rings is 1. The molecule has 2 N–H and O–H groups in total.